The maximum atomic E-state index is 13.4. The summed E-state index contributed by atoms with van der Waals surface area (Å²) in [5, 5.41) is 0. The summed E-state index contributed by atoms with van der Waals surface area (Å²) in [4.78, 5) is 0. The molecular formula is C16H18F2N2O. The molecule has 0 aliphatic carbocycles. The van der Waals surface area contributed by atoms with Gasteiger partial charge in [0.1, 0.15) is 17.4 Å². The second-order valence-corrected chi connectivity index (χ2v) is 5.00. The van der Waals surface area contributed by atoms with E-state index in [1.165, 1.54) is 12.1 Å². The molecule has 0 aliphatic heterocycles. The van der Waals surface area contributed by atoms with E-state index in [4.69, 9.17) is 10.6 Å². The second kappa shape index (κ2) is 6.20. The summed E-state index contributed by atoms with van der Waals surface area (Å²) in [5.41, 5.74) is 5.74. The maximum Gasteiger partial charge on any atom is 0.126 e. The number of hydrogen-bond acceptors (Lipinski definition) is 3. The minimum Gasteiger partial charge on any atom is -0.496 e. The van der Waals surface area contributed by atoms with Crippen molar-refractivity contribution in [3.8, 4) is 5.75 Å². The van der Waals surface area contributed by atoms with Crippen LogP contribution in [0.3, 0.4) is 0 Å². The van der Waals surface area contributed by atoms with E-state index < -0.39 is 17.7 Å². The Morgan fingerprint density at radius 2 is 1.67 bits per heavy atom. The molecule has 0 saturated heterocycles. The van der Waals surface area contributed by atoms with Crippen molar-refractivity contribution in [1.29, 1.82) is 0 Å². The van der Waals surface area contributed by atoms with Crippen molar-refractivity contribution in [3.05, 3.63) is 64.2 Å². The zero-order chi connectivity index (χ0) is 15.6. The van der Waals surface area contributed by atoms with E-state index in [-0.39, 0.29) is 0 Å². The third-order valence-electron chi connectivity index (χ3n) is 3.39. The molecule has 0 spiro atoms. The first-order valence-corrected chi connectivity index (χ1v) is 6.53. The lowest BCUT2D eigenvalue weighted by atomic mass is 9.93. The standard InChI is InChI=1S/C16H18F2N2O/c1-9-4-10(2)15(14(5-9)21-3)16(20-19)11-6-12(17)8-13(18)7-11/h4-8,16,20H,19H2,1-3H3. The van der Waals surface area contributed by atoms with Gasteiger partial charge in [0.25, 0.3) is 0 Å². The molecule has 0 heterocycles. The fourth-order valence-corrected chi connectivity index (χ4v) is 2.57. The minimum atomic E-state index is -0.644. The van der Waals surface area contributed by atoms with Crippen LogP contribution in [0.15, 0.2) is 30.3 Å². The number of ether oxygens (including phenoxy) is 1. The van der Waals surface area contributed by atoms with Crippen LogP contribution in [0, 0.1) is 25.5 Å². The van der Waals surface area contributed by atoms with Crippen molar-refractivity contribution >= 4 is 0 Å². The van der Waals surface area contributed by atoms with Crippen LogP contribution in [0.25, 0.3) is 0 Å². The normalized spacial score (nSPS) is 12.3. The highest BCUT2D eigenvalue weighted by molar-refractivity contribution is 5.48. The molecule has 5 heteroatoms. The minimum absolute atomic E-state index is 0.403. The summed E-state index contributed by atoms with van der Waals surface area (Å²) in [7, 11) is 1.55. The first-order valence-electron chi connectivity index (χ1n) is 6.53. The van der Waals surface area contributed by atoms with Crippen molar-refractivity contribution in [2.75, 3.05) is 7.11 Å². The van der Waals surface area contributed by atoms with Crippen LogP contribution < -0.4 is 16.0 Å². The number of aryl methyl sites for hydroxylation is 2. The SMILES string of the molecule is COc1cc(C)cc(C)c1C(NN)c1cc(F)cc(F)c1. The third-order valence-corrected chi connectivity index (χ3v) is 3.39. The van der Waals surface area contributed by atoms with Crippen LogP contribution in [0.2, 0.25) is 0 Å². The van der Waals surface area contributed by atoms with Gasteiger partial charge >= 0.3 is 0 Å². The number of benzene rings is 2. The fraction of sp³-hybridized carbons (Fsp3) is 0.250. The van der Waals surface area contributed by atoms with Gasteiger partial charge in [-0.2, -0.15) is 0 Å². The molecule has 0 aliphatic rings. The van der Waals surface area contributed by atoms with Gasteiger partial charge in [0.2, 0.25) is 0 Å². The van der Waals surface area contributed by atoms with E-state index in [9.17, 15) is 8.78 Å². The Balaban J connectivity index is 2.61. The topological polar surface area (TPSA) is 47.3 Å². The summed E-state index contributed by atoms with van der Waals surface area (Å²) in [6, 6.07) is 6.61. The van der Waals surface area contributed by atoms with Gasteiger partial charge in [-0.05, 0) is 48.7 Å². The van der Waals surface area contributed by atoms with Crippen molar-refractivity contribution in [2.45, 2.75) is 19.9 Å². The highest BCUT2D eigenvalue weighted by Gasteiger charge is 2.21. The lowest BCUT2D eigenvalue weighted by molar-refractivity contribution is 0.403. The molecule has 3 N–H and O–H groups in total. The third kappa shape index (κ3) is 3.20. The van der Waals surface area contributed by atoms with Crippen LogP contribution in [0.5, 0.6) is 5.75 Å². The number of hydrazine groups is 1. The van der Waals surface area contributed by atoms with Gasteiger partial charge in [0.15, 0.2) is 0 Å². The molecule has 2 aromatic rings. The first kappa shape index (κ1) is 15.4. The summed E-state index contributed by atoms with van der Waals surface area (Å²) in [6.45, 7) is 3.86. The highest BCUT2D eigenvalue weighted by Crippen LogP contribution is 2.34. The smallest absolute Gasteiger partial charge is 0.126 e. The lowest BCUT2D eigenvalue weighted by Gasteiger charge is -2.22. The van der Waals surface area contributed by atoms with Crippen LogP contribution in [0.4, 0.5) is 8.78 Å². The van der Waals surface area contributed by atoms with E-state index in [0.29, 0.717) is 11.3 Å². The van der Waals surface area contributed by atoms with Crippen LogP contribution >= 0.6 is 0 Å². The Labute approximate surface area is 122 Å². The maximum absolute atomic E-state index is 13.4. The summed E-state index contributed by atoms with van der Waals surface area (Å²) in [6.07, 6.45) is 0. The molecule has 2 aromatic carbocycles. The lowest BCUT2D eigenvalue weighted by Crippen LogP contribution is -2.30. The largest absolute Gasteiger partial charge is 0.496 e. The quantitative estimate of drug-likeness (QED) is 0.672. The predicted octanol–water partition coefficient (Wildman–Crippen LogP) is 3.14. The molecule has 0 saturated carbocycles. The Kier molecular flexibility index (Phi) is 4.55. The predicted molar refractivity (Wildman–Crippen MR) is 78.0 cm³/mol. The number of hydrogen-bond donors (Lipinski definition) is 2. The molecule has 0 bridgehead atoms. The Morgan fingerprint density at radius 1 is 1.05 bits per heavy atom. The fourth-order valence-electron chi connectivity index (χ4n) is 2.57. The summed E-state index contributed by atoms with van der Waals surface area (Å²) in [5.74, 6) is 4.95. The molecule has 0 aromatic heterocycles. The molecule has 21 heavy (non-hydrogen) atoms. The van der Waals surface area contributed by atoms with Crippen molar-refractivity contribution in [2.24, 2.45) is 5.84 Å². The monoisotopic (exact) mass is 292 g/mol. The van der Waals surface area contributed by atoms with Gasteiger partial charge in [-0.15, -0.1) is 0 Å². The van der Waals surface area contributed by atoms with E-state index in [0.717, 1.165) is 22.8 Å². The Hall–Kier alpha value is -1.98. The van der Waals surface area contributed by atoms with Crippen molar-refractivity contribution in [3.63, 3.8) is 0 Å². The van der Waals surface area contributed by atoms with Gasteiger partial charge in [0.05, 0.1) is 13.2 Å². The number of nitrogens with one attached hydrogen (secondary N) is 1. The molecule has 1 atom stereocenters. The van der Waals surface area contributed by atoms with E-state index >= 15 is 0 Å². The summed E-state index contributed by atoms with van der Waals surface area (Å²) >= 11 is 0. The number of halogens is 2. The molecule has 3 nitrogen and oxygen atoms in total. The second-order valence-electron chi connectivity index (χ2n) is 5.00. The molecule has 112 valence electrons. The van der Waals surface area contributed by atoms with Gasteiger partial charge in [-0.1, -0.05) is 6.07 Å². The summed E-state index contributed by atoms with van der Waals surface area (Å²) < 4.78 is 32.3. The van der Waals surface area contributed by atoms with Gasteiger partial charge < -0.3 is 4.74 Å². The molecule has 1 unspecified atom stereocenters. The molecule has 0 radical (unpaired) electrons. The van der Waals surface area contributed by atoms with Crippen molar-refractivity contribution in [1.82, 2.24) is 5.43 Å². The number of rotatable bonds is 4. The number of methoxy groups -OCH3 is 1. The zero-order valence-electron chi connectivity index (χ0n) is 12.2. The molecular weight excluding hydrogens is 274 g/mol. The molecule has 0 amide bonds. The van der Waals surface area contributed by atoms with Gasteiger partial charge in [-0.3, -0.25) is 5.84 Å². The van der Waals surface area contributed by atoms with Crippen LogP contribution in [-0.2, 0) is 0 Å². The van der Waals surface area contributed by atoms with Crippen LogP contribution in [-0.4, -0.2) is 7.11 Å². The first-order chi connectivity index (χ1) is 9.96. The van der Waals surface area contributed by atoms with E-state index in [2.05, 4.69) is 5.43 Å². The zero-order valence-corrected chi connectivity index (χ0v) is 12.2. The van der Waals surface area contributed by atoms with Gasteiger partial charge in [0, 0.05) is 11.6 Å². The molecule has 2 rings (SSSR count). The van der Waals surface area contributed by atoms with E-state index in [1.54, 1.807) is 7.11 Å². The van der Waals surface area contributed by atoms with Gasteiger partial charge in [-0.25, -0.2) is 14.2 Å². The Bertz CT molecular complexity index is 639. The average Bonchev–Trinajstić information content (AvgIpc) is 2.40. The average molecular weight is 292 g/mol. The highest BCUT2D eigenvalue weighted by atomic mass is 19.1. The number of nitrogens with two attached hydrogens (primary N) is 1. The Morgan fingerprint density at radius 3 is 2.19 bits per heavy atom. The van der Waals surface area contributed by atoms with Crippen LogP contribution in [0.1, 0.15) is 28.3 Å². The molecule has 0 fully saturated rings. The van der Waals surface area contributed by atoms with Crippen molar-refractivity contribution < 1.29 is 13.5 Å². The van der Waals surface area contributed by atoms with E-state index in [1.807, 2.05) is 26.0 Å².